The lowest BCUT2D eigenvalue weighted by Gasteiger charge is -2.23. The molecule has 1 aromatic heterocycles. The van der Waals surface area contributed by atoms with E-state index in [0.29, 0.717) is 11.6 Å². The molecule has 4 nitrogen and oxygen atoms in total. The van der Waals surface area contributed by atoms with Crippen LogP contribution in [0, 0.1) is 5.92 Å². The number of hydrogen-bond donors (Lipinski definition) is 1. The molecule has 88 valence electrons. The number of nitrogens with zero attached hydrogens (tertiary/aromatic N) is 2. The average molecular weight is 222 g/mol. The monoisotopic (exact) mass is 222 g/mol. The summed E-state index contributed by atoms with van der Waals surface area (Å²) in [4.78, 5) is 16.8. The zero-order chi connectivity index (χ0) is 12.1. The van der Waals surface area contributed by atoms with Crippen LogP contribution in [0.2, 0.25) is 0 Å². The molecule has 0 saturated carbocycles. The molecule has 0 aromatic carbocycles. The van der Waals surface area contributed by atoms with Gasteiger partial charge in [0, 0.05) is 19.8 Å². The van der Waals surface area contributed by atoms with Gasteiger partial charge < -0.3 is 10.0 Å². The van der Waals surface area contributed by atoms with Crippen LogP contribution in [0.5, 0.6) is 0 Å². The minimum atomic E-state index is -0.980. The Labute approximate surface area is 95.9 Å². The summed E-state index contributed by atoms with van der Waals surface area (Å²) in [7, 11) is 1.90. The van der Waals surface area contributed by atoms with Gasteiger partial charge in [-0.2, -0.15) is 0 Å². The van der Waals surface area contributed by atoms with Crippen molar-refractivity contribution in [3.8, 4) is 0 Å². The standard InChI is InChI=1S/C12H18N2O2/c1-4-9(2)8-14(3)10-6-5-7-13-11(10)12(15)16/h5-7,9H,4,8H2,1-3H3,(H,15,16). The molecule has 16 heavy (non-hydrogen) atoms. The van der Waals surface area contributed by atoms with Gasteiger partial charge in [-0.25, -0.2) is 9.78 Å². The number of aromatic nitrogens is 1. The largest absolute Gasteiger partial charge is 0.476 e. The number of pyridine rings is 1. The maximum Gasteiger partial charge on any atom is 0.356 e. The zero-order valence-corrected chi connectivity index (χ0v) is 9.97. The van der Waals surface area contributed by atoms with Gasteiger partial charge in [-0.3, -0.25) is 0 Å². The Bertz CT molecular complexity index is 366. The van der Waals surface area contributed by atoms with Crippen molar-refractivity contribution in [1.82, 2.24) is 4.98 Å². The highest BCUT2D eigenvalue weighted by Gasteiger charge is 2.15. The lowest BCUT2D eigenvalue weighted by atomic mass is 10.1. The Morgan fingerprint density at radius 1 is 1.62 bits per heavy atom. The smallest absolute Gasteiger partial charge is 0.356 e. The first-order chi connectivity index (χ1) is 7.56. The normalized spacial score (nSPS) is 12.2. The number of anilines is 1. The van der Waals surface area contributed by atoms with E-state index in [1.807, 2.05) is 11.9 Å². The van der Waals surface area contributed by atoms with E-state index in [2.05, 4.69) is 18.8 Å². The zero-order valence-electron chi connectivity index (χ0n) is 9.97. The van der Waals surface area contributed by atoms with Crippen molar-refractivity contribution >= 4 is 11.7 Å². The number of aromatic carboxylic acids is 1. The summed E-state index contributed by atoms with van der Waals surface area (Å²) in [6.45, 7) is 5.11. The molecule has 0 aliphatic heterocycles. The second kappa shape index (κ2) is 5.49. The van der Waals surface area contributed by atoms with Crippen LogP contribution in [0.3, 0.4) is 0 Å². The predicted molar refractivity (Wildman–Crippen MR) is 63.9 cm³/mol. The molecule has 0 aliphatic carbocycles. The van der Waals surface area contributed by atoms with Gasteiger partial charge in [0.25, 0.3) is 0 Å². The number of rotatable bonds is 5. The molecule has 0 spiro atoms. The van der Waals surface area contributed by atoms with Crippen LogP contribution in [0.4, 0.5) is 5.69 Å². The van der Waals surface area contributed by atoms with Gasteiger partial charge in [0.15, 0.2) is 5.69 Å². The lowest BCUT2D eigenvalue weighted by Crippen LogP contribution is -2.25. The molecule has 1 atom stereocenters. The van der Waals surface area contributed by atoms with Crippen LogP contribution >= 0.6 is 0 Å². The molecule has 0 saturated heterocycles. The summed E-state index contributed by atoms with van der Waals surface area (Å²) in [6.07, 6.45) is 2.58. The first-order valence-electron chi connectivity index (χ1n) is 5.45. The van der Waals surface area contributed by atoms with Gasteiger partial charge in [0.2, 0.25) is 0 Å². The number of carboxylic acid groups (broad SMARTS) is 1. The van der Waals surface area contributed by atoms with E-state index in [4.69, 9.17) is 5.11 Å². The Morgan fingerprint density at radius 2 is 2.31 bits per heavy atom. The van der Waals surface area contributed by atoms with Gasteiger partial charge in [0.1, 0.15) is 0 Å². The van der Waals surface area contributed by atoms with E-state index in [1.54, 1.807) is 12.1 Å². The quantitative estimate of drug-likeness (QED) is 0.830. The Kier molecular flexibility index (Phi) is 4.28. The molecule has 1 N–H and O–H groups in total. The minimum absolute atomic E-state index is 0.119. The van der Waals surface area contributed by atoms with E-state index in [-0.39, 0.29) is 5.69 Å². The topological polar surface area (TPSA) is 53.4 Å². The first-order valence-corrected chi connectivity index (χ1v) is 5.45. The maximum absolute atomic E-state index is 11.0. The Morgan fingerprint density at radius 3 is 2.88 bits per heavy atom. The van der Waals surface area contributed by atoms with E-state index in [9.17, 15) is 4.79 Å². The van der Waals surface area contributed by atoms with Crippen molar-refractivity contribution in [2.24, 2.45) is 5.92 Å². The van der Waals surface area contributed by atoms with Crippen molar-refractivity contribution in [2.45, 2.75) is 20.3 Å². The fraction of sp³-hybridized carbons (Fsp3) is 0.500. The molecule has 1 heterocycles. The second-order valence-corrected chi connectivity index (χ2v) is 4.07. The number of carbonyl (C=O) groups is 1. The van der Waals surface area contributed by atoms with E-state index >= 15 is 0 Å². The van der Waals surface area contributed by atoms with Gasteiger partial charge in [-0.1, -0.05) is 20.3 Å². The van der Waals surface area contributed by atoms with E-state index in [0.717, 1.165) is 13.0 Å². The molecule has 0 bridgehead atoms. The molecule has 0 radical (unpaired) electrons. The van der Waals surface area contributed by atoms with Crippen LogP contribution in [0.25, 0.3) is 0 Å². The van der Waals surface area contributed by atoms with Gasteiger partial charge in [-0.15, -0.1) is 0 Å². The molecule has 4 heteroatoms. The molecule has 1 rings (SSSR count). The summed E-state index contributed by atoms with van der Waals surface area (Å²) in [5.41, 5.74) is 0.795. The molecule has 1 aromatic rings. The summed E-state index contributed by atoms with van der Waals surface area (Å²) >= 11 is 0. The molecule has 0 amide bonds. The van der Waals surface area contributed by atoms with Crippen molar-refractivity contribution in [1.29, 1.82) is 0 Å². The van der Waals surface area contributed by atoms with E-state index in [1.165, 1.54) is 6.20 Å². The first kappa shape index (κ1) is 12.5. The summed E-state index contributed by atoms with van der Waals surface area (Å²) < 4.78 is 0. The van der Waals surface area contributed by atoms with Crippen molar-refractivity contribution in [2.75, 3.05) is 18.5 Å². The minimum Gasteiger partial charge on any atom is -0.476 e. The average Bonchev–Trinajstić information content (AvgIpc) is 2.28. The van der Waals surface area contributed by atoms with Crippen molar-refractivity contribution in [3.05, 3.63) is 24.0 Å². The van der Waals surface area contributed by atoms with Gasteiger partial charge in [-0.05, 0) is 18.1 Å². The van der Waals surface area contributed by atoms with Crippen LogP contribution in [-0.4, -0.2) is 29.7 Å². The highest BCUT2D eigenvalue weighted by Crippen LogP contribution is 2.18. The van der Waals surface area contributed by atoms with Gasteiger partial charge >= 0.3 is 5.97 Å². The van der Waals surface area contributed by atoms with Gasteiger partial charge in [0.05, 0.1) is 5.69 Å². The summed E-state index contributed by atoms with van der Waals surface area (Å²) in [5.74, 6) is -0.446. The third kappa shape index (κ3) is 2.95. The fourth-order valence-electron chi connectivity index (χ4n) is 1.56. The third-order valence-corrected chi connectivity index (χ3v) is 2.68. The molecule has 0 fully saturated rings. The number of carboxylic acids is 1. The number of hydrogen-bond acceptors (Lipinski definition) is 3. The van der Waals surface area contributed by atoms with Crippen molar-refractivity contribution in [3.63, 3.8) is 0 Å². The summed E-state index contributed by atoms with van der Waals surface area (Å²) in [5, 5.41) is 9.02. The predicted octanol–water partition coefficient (Wildman–Crippen LogP) is 2.26. The fourth-order valence-corrected chi connectivity index (χ4v) is 1.56. The third-order valence-electron chi connectivity index (χ3n) is 2.68. The highest BCUT2D eigenvalue weighted by molar-refractivity contribution is 5.92. The van der Waals surface area contributed by atoms with Crippen LogP contribution in [0.15, 0.2) is 18.3 Å². The highest BCUT2D eigenvalue weighted by atomic mass is 16.4. The second-order valence-electron chi connectivity index (χ2n) is 4.07. The molecular weight excluding hydrogens is 204 g/mol. The summed E-state index contributed by atoms with van der Waals surface area (Å²) in [6, 6.07) is 3.55. The van der Waals surface area contributed by atoms with Crippen LogP contribution in [0.1, 0.15) is 30.8 Å². The molecular formula is C12H18N2O2. The SMILES string of the molecule is CCC(C)CN(C)c1cccnc1C(=O)O. The van der Waals surface area contributed by atoms with Crippen LogP contribution < -0.4 is 4.90 Å². The lowest BCUT2D eigenvalue weighted by molar-refractivity contribution is 0.0691. The maximum atomic E-state index is 11.0. The molecule has 0 aliphatic rings. The van der Waals surface area contributed by atoms with Crippen molar-refractivity contribution < 1.29 is 9.90 Å². The molecule has 1 unspecified atom stereocenters. The van der Waals surface area contributed by atoms with E-state index < -0.39 is 5.97 Å². The van der Waals surface area contributed by atoms with Crippen LogP contribution in [-0.2, 0) is 0 Å². The Hall–Kier alpha value is -1.58. The Balaban J connectivity index is 2.90.